The van der Waals surface area contributed by atoms with Gasteiger partial charge in [0, 0.05) is 86.0 Å². The molecule has 0 fully saturated rings. The molecule has 6 amide bonds. The van der Waals surface area contributed by atoms with E-state index < -0.39 is 60.4 Å². The minimum Gasteiger partial charge on any atom is -0.423 e. The summed E-state index contributed by atoms with van der Waals surface area (Å²) in [5, 5.41) is 34.8. The number of H-pyrrole nitrogens is 3. The predicted molar refractivity (Wildman–Crippen MR) is 335 cm³/mol. The first-order valence-electron chi connectivity index (χ1n) is 26.8. The van der Waals surface area contributed by atoms with Crippen LogP contribution in [0.5, 0.6) is 0 Å². The summed E-state index contributed by atoms with van der Waals surface area (Å²) < 4.78 is 114. The second kappa shape index (κ2) is 28.5. The first-order valence-corrected chi connectivity index (χ1v) is 27.6. The van der Waals surface area contributed by atoms with Crippen molar-refractivity contribution in [2.75, 3.05) is 31.9 Å². The summed E-state index contributed by atoms with van der Waals surface area (Å²) in [5.41, 5.74) is 6.04. The normalized spacial score (nSPS) is 11.2. The maximum atomic E-state index is 12.6. The van der Waals surface area contributed by atoms with E-state index in [0.717, 1.165) is 63.1 Å². The molecule has 12 aromatic rings. The molecule has 0 aliphatic heterocycles. The van der Waals surface area contributed by atoms with Crippen LogP contribution in [0, 0.1) is 0 Å². The molecule has 91 heavy (non-hydrogen) atoms. The SMILES string of the molecule is O=C(Nc1ccc(C(F)(F)F)cc1)Nc1c[nH]c2ncc(-c3ccccc3)cc12.O=C(Nc1ccc(C(F)(F)F)cc1)Nc1c[nH]c2ncc(-c3ccccc3)cc12.O=C(Nc1ccc(C(F)(F)F)cc1)Nc1c[nH]c2ncc(Br)cc12.OB(O)c1ccccc1. The molecule has 6 aromatic heterocycles. The van der Waals surface area contributed by atoms with Gasteiger partial charge in [0.05, 0.1) is 33.8 Å². The average molecular weight is 1310 g/mol. The van der Waals surface area contributed by atoms with Crippen LogP contribution in [0.2, 0.25) is 0 Å². The summed E-state index contributed by atoms with van der Waals surface area (Å²) in [6.07, 6.45) is -3.37. The maximum Gasteiger partial charge on any atom is 0.488 e. The van der Waals surface area contributed by atoms with Gasteiger partial charge in [-0.3, -0.25) is 0 Å². The third-order valence-electron chi connectivity index (χ3n) is 13.0. The number of benzene rings is 6. The number of rotatable bonds is 9. The number of aromatic nitrogens is 6. The van der Waals surface area contributed by atoms with E-state index in [1.54, 1.807) is 67.5 Å². The molecule has 0 unspecified atom stereocenters. The summed E-state index contributed by atoms with van der Waals surface area (Å²) >= 11 is 3.30. The van der Waals surface area contributed by atoms with Crippen LogP contribution in [0.25, 0.3) is 55.4 Å². The molecule has 6 aromatic carbocycles. The van der Waals surface area contributed by atoms with E-state index >= 15 is 0 Å². The first kappa shape index (κ1) is 64.5. The lowest BCUT2D eigenvalue weighted by atomic mass is 9.81. The van der Waals surface area contributed by atoms with Crippen molar-refractivity contribution in [2.24, 2.45) is 0 Å². The number of hydrogen-bond donors (Lipinski definition) is 11. The fraction of sp³-hybridized carbons (Fsp3) is 0.0476. The van der Waals surface area contributed by atoms with Crippen molar-refractivity contribution in [2.45, 2.75) is 18.5 Å². The van der Waals surface area contributed by atoms with Crippen LogP contribution in [0.15, 0.2) is 224 Å². The van der Waals surface area contributed by atoms with E-state index in [9.17, 15) is 53.9 Å². The van der Waals surface area contributed by atoms with Crippen LogP contribution in [0.3, 0.4) is 0 Å². The molecule has 6 heterocycles. The number of carbonyl (C=O) groups excluding carboxylic acids is 3. The first-order chi connectivity index (χ1) is 43.4. The number of carbonyl (C=O) groups is 3. The smallest absolute Gasteiger partial charge is 0.423 e. The highest BCUT2D eigenvalue weighted by molar-refractivity contribution is 9.10. The molecule has 11 N–H and O–H groups in total. The Labute approximate surface area is 518 Å². The van der Waals surface area contributed by atoms with Crippen LogP contribution in [0.1, 0.15) is 16.7 Å². The molecule has 462 valence electrons. The molecule has 0 aliphatic carbocycles. The number of urea groups is 3. The minimum absolute atomic E-state index is 0.249. The van der Waals surface area contributed by atoms with Crippen molar-refractivity contribution in [3.63, 3.8) is 0 Å². The number of fused-ring (bicyclic) bond motifs is 3. The summed E-state index contributed by atoms with van der Waals surface area (Å²) in [5.74, 6) is 0. The van der Waals surface area contributed by atoms with E-state index in [1.165, 1.54) is 36.4 Å². The highest BCUT2D eigenvalue weighted by Gasteiger charge is 2.32. The highest BCUT2D eigenvalue weighted by Crippen LogP contribution is 2.34. The van der Waals surface area contributed by atoms with E-state index in [2.05, 4.69) is 77.7 Å². The lowest BCUT2D eigenvalue weighted by Gasteiger charge is -2.09. The molecule has 0 bridgehead atoms. The fourth-order valence-electron chi connectivity index (χ4n) is 8.58. The van der Waals surface area contributed by atoms with Crippen molar-refractivity contribution in [1.82, 2.24) is 29.9 Å². The highest BCUT2D eigenvalue weighted by atomic mass is 79.9. The molecule has 12 rings (SSSR count). The second-order valence-electron chi connectivity index (χ2n) is 19.4. The number of amides is 6. The third-order valence-corrected chi connectivity index (χ3v) is 13.5. The van der Waals surface area contributed by atoms with Crippen molar-refractivity contribution in [1.29, 1.82) is 0 Å². The molecular formula is C63H47BBrF9N12O5. The zero-order chi connectivity index (χ0) is 64.9. The number of hydrogen-bond acceptors (Lipinski definition) is 8. The standard InChI is InChI=1S/2C21H15F3N4O.C15H10BrF3N4O.C6H7BO2/c2*22-21(23,24)15-6-8-16(9-7-15)27-20(29)28-18-12-26-19-17(18)10-14(11-25-19)13-4-2-1-3-5-13;16-9-5-11-12(7-21-13(11)20-6-9)23-14(24)22-10-3-1-8(2-4-10)15(17,18)19;8-7(9)6-4-2-1-3-5-6/h2*1-12H,(H,25,26)(H2,27,28,29);1-7H,(H,20,21)(H2,22,23,24);1-5,8-9H. The fourth-order valence-corrected chi connectivity index (χ4v) is 8.91. The largest absolute Gasteiger partial charge is 0.488 e. The van der Waals surface area contributed by atoms with Gasteiger partial charge in [0.1, 0.15) is 16.9 Å². The number of halogens is 10. The van der Waals surface area contributed by atoms with Gasteiger partial charge in [0.25, 0.3) is 0 Å². The molecule has 0 aliphatic rings. The molecule has 0 atom stereocenters. The number of nitrogens with zero attached hydrogens (tertiary/aromatic N) is 3. The van der Waals surface area contributed by atoms with E-state index in [4.69, 9.17) is 10.0 Å². The summed E-state index contributed by atoms with van der Waals surface area (Å²) in [6, 6.07) is 44.6. The van der Waals surface area contributed by atoms with Gasteiger partial charge in [-0.05, 0) is 124 Å². The zero-order valence-electron chi connectivity index (χ0n) is 46.6. The Kier molecular flexibility index (Phi) is 20.2. The molecular weight excluding hydrogens is 1270 g/mol. The van der Waals surface area contributed by atoms with Crippen LogP contribution in [-0.4, -0.2) is 65.2 Å². The van der Waals surface area contributed by atoms with Crippen LogP contribution < -0.4 is 37.4 Å². The van der Waals surface area contributed by atoms with Gasteiger partial charge in [0.15, 0.2) is 0 Å². The second-order valence-corrected chi connectivity index (χ2v) is 20.3. The topological polar surface area (TPSA) is 250 Å². The van der Waals surface area contributed by atoms with E-state index in [0.29, 0.717) is 55.6 Å². The van der Waals surface area contributed by atoms with Crippen molar-refractivity contribution >= 4 is 114 Å². The number of anilines is 6. The molecule has 17 nitrogen and oxygen atoms in total. The van der Waals surface area contributed by atoms with Crippen LogP contribution in [-0.2, 0) is 18.5 Å². The third kappa shape index (κ3) is 17.6. The van der Waals surface area contributed by atoms with Gasteiger partial charge in [-0.1, -0.05) is 91.0 Å². The molecule has 0 saturated carbocycles. The van der Waals surface area contributed by atoms with E-state index in [1.807, 2.05) is 78.9 Å². The number of alkyl halides is 9. The van der Waals surface area contributed by atoms with Crippen LogP contribution >= 0.6 is 15.9 Å². The van der Waals surface area contributed by atoms with Gasteiger partial charge in [0.2, 0.25) is 0 Å². The molecule has 28 heteroatoms. The Morgan fingerprint density at radius 3 is 0.978 bits per heavy atom. The Hall–Kier alpha value is -11.0. The van der Waals surface area contributed by atoms with Gasteiger partial charge in [-0.2, -0.15) is 39.5 Å². The quantitative estimate of drug-likeness (QED) is 0.0489. The number of nitrogens with one attached hydrogen (secondary N) is 9. The van der Waals surface area contributed by atoms with Crippen molar-refractivity contribution in [3.8, 4) is 22.3 Å². The maximum absolute atomic E-state index is 12.6. The zero-order valence-corrected chi connectivity index (χ0v) is 48.2. The number of aromatic amines is 3. The Balaban J connectivity index is 0.000000151. The van der Waals surface area contributed by atoms with Crippen molar-refractivity contribution < 1.29 is 63.9 Å². The summed E-state index contributed by atoms with van der Waals surface area (Å²) in [6.45, 7) is 0. The van der Waals surface area contributed by atoms with Gasteiger partial charge in [-0.25, -0.2) is 29.3 Å². The monoisotopic (exact) mass is 1310 g/mol. The van der Waals surface area contributed by atoms with Crippen molar-refractivity contribution in [3.05, 3.63) is 240 Å². The minimum atomic E-state index is -4.42. The molecule has 0 spiro atoms. The molecule has 0 saturated heterocycles. The lowest BCUT2D eigenvalue weighted by Crippen LogP contribution is -2.29. The average Bonchev–Trinajstić information content (AvgIpc) is 2.95. The van der Waals surface area contributed by atoms with Gasteiger partial charge < -0.3 is 56.9 Å². The predicted octanol–water partition coefficient (Wildman–Crippen LogP) is 16.1. The Morgan fingerprint density at radius 1 is 0.385 bits per heavy atom. The molecule has 0 radical (unpaired) electrons. The van der Waals surface area contributed by atoms with Gasteiger partial charge in [-0.15, -0.1) is 0 Å². The van der Waals surface area contributed by atoms with E-state index in [-0.39, 0.29) is 17.1 Å². The van der Waals surface area contributed by atoms with Gasteiger partial charge >= 0.3 is 43.7 Å². The Morgan fingerprint density at radius 2 is 0.681 bits per heavy atom. The number of pyridine rings is 3. The summed E-state index contributed by atoms with van der Waals surface area (Å²) in [7, 11) is -1.34. The Bertz CT molecular complexity index is 4240. The van der Waals surface area contributed by atoms with Crippen LogP contribution in [0.4, 0.5) is 88.0 Å². The summed E-state index contributed by atoms with van der Waals surface area (Å²) in [4.78, 5) is 58.3. The lowest BCUT2D eigenvalue weighted by molar-refractivity contribution is -0.138.